The topological polar surface area (TPSA) is 41.1 Å². The van der Waals surface area contributed by atoms with Crippen LogP contribution in [0.5, 0.6) is 0 Å². The molecule has 1 aliphatic carbocycles. The number of hydrogen-bond acceptors (Lipinski definition) is 2. The maximum atomic E-state index is 12.3. The molecule has 1 aliphatic rings. The van der Waals surface area contributed by atoms with Crippen LogP contribution in [0, 0.1) is 0 Å². The standard InChI is InChI=1S/C17H25BrN2O/c1-12(14-7-6-8-15(18)11-14)19-13(2)17(21)20-16-9-4-3-5-10-16/h6-8,11-13,16,19H,3-5,9-10H2,1-2H3,(H,20,21)/t12-,13?/m0/s1. The Kier molecular flexibility index (Phi) is 6.24. The summed E-state index contributed by atoms with van der Waals surface area (Å²) in [5.41, 5.74) is 1.18. The van der Waals surface area contributed by atoms with E-state index in [1.54, 1.807) is 0 Å². The molecule has 1 amide bonds. The van der Waals surface area contributed by atoms with E-state index in [0.717, 1.165) is 17.3 Å². The van der Waals surface area contributed by atoms with Crippen LogP contribution in [0.15, 0.2) is 28.7 Å². The molecule has 0 saturated heterocycles. The maximum Gasteiger partial charge on any atom is 0.237 e. The third-order valence-electron chi connectivity index (χ3n) is 4.19. The summed E-state index contributed by atoms with van der Waals surface area (Å²) in [6.45, 7) is 4.03. The Morgan fingerprint density at radius 1 is 1.24 bits per heavy atom. The number of carbonyl (C=O) groups excluding carboxylic acids is 1. The molecule has 21 heavy (non-hydrogen) atoms. The molecule has 2 N–H and O–H groups in total. The van der Waals surface area contributed by atoms with Crippen molar-refractivity contribution < 1.29 is 4.79 Å². The normalized spacial score (nSPS) is 19.0. The van der Waals surface area contributed by atoms with Crippen LogP contribution in [0.3, 0.4) is 0 Å². The molecule has 1 unspecified atom stereocenters. The minimum Gasteiger partial charge on any atom is -0.352 e. The zero-order chi connectivity index (χ0) is 15.2. The second-order valence-corrected chi connectivity index (χ2v) is 6.92. The first kappa shape index (κ1) is 16.5. The van der Waals surface area contributed by atoms with Crippen LogP contribution in [0.1, 0.15) is 57.6 Å². The molecule has 1 aromatic rings. The van der Waals surface area contributed by atoms with E-state index in [0.29, 0.717) is 6.04 Å². The summed E-state index contributed by atoms with van der Waals surface area (Å²) >= 11 is 3.48. The van der Waals surface area contributed by atoms with Crippen molar-refractivity contribution in [1.29, 1.82) is 0 Å². The van der Waals surface area contributed by atoms with Crippen LogP contribution >= 0.6 is 15.9 Å². The van der Waals surface area contributed by atoms with Crippen molar-refractivity contribution >= 4 is 21.8 Å². The van der Waals surface area contributed by atoms with Crippen molar-refractivity contribution in [2.45, 2.75) is 64.1 Å². The van der Waals surface area contributed by atoms with Gasteiger partial charge < -0.3 is 5.32 Å². The van der Waals surface area contributed by atoms with Gasteiger partial charge in [-0.15, -0.1) is 0 Å². The lowest BCUT2D eigenvalue weighted by molar-refractivity contribution is -0.123. The Bertz CT molecular complexity index is 472. The van der Waals surface area contributed by atoms with Crippen LogP contribution in [-0.2, 0) is 4.79 Å². The van der Waals surface area contributed by atoms with E-state index in [4.69, 9.17) is 0 Å². The Balaban J connectivity index is 1.84. The van der Waals surface area contributed by atoms with Crippen molar-refractivity contribution in [3.8, 4) is 0 Å². The van der Waals surface area contributed by atoms with Crippen LogP contribution < -0.4 is 10.6 Å². The first-order valence-corrected chi connectivity index (χ1v) is 8.67. The van der Waals surface area contributed by atoms with Gasteiger partial charge in [0.1, 0.15) is 0 Å². The number of amides is 1. The second-order valence-electron chi connectivity index (χ2n) is 6.01. The molecule has 2 rings (SSSR count). The monoisotopic (exact) mass is 352 g/mol. The SMILES string of the molecule is CC(N[C@@H](C)c1cccc(Br)c1)C(=O)NC1CCCCC1. The van der Waals surface area contributed by atoms with E-state index in [1.165, 1.54) is 24.8 Å². The lowest BCUT2D eigenvalue weighted by Crippen LogP contribution is -2.47. The zero-order valence-corrected chi connectivity index (χ0v) is 14.4. The molecular formula is C17H25BrN2O. The molecule has 0 heterocycles. The largest absolute Gasteiger partial charge is 0.352 e. The third kappa shape index (κ3) is 5.11. The Morgan fingerprint density at radius 3 is 2.62 bits per heavy atom. The quantitative estimate of drug-likeness (QED) is 0.842. The fourth-order valence-electron chi connectivity index (χ4n) is 2.90. The predicted molar refractivity (Wildman–Crippen MR) is 90.2 cm³/mol. The van der Waals surface area contributed by atoms with Gasteiger partial charge in [-0.3, -0.25) is 10.1 Å². The van der Waals surface area contributed by atoms with Gasteiger partial charge in [0.15, 0.2) is 0 Å². The minimum atomic E-state index is -0.180. The van der Waals surface area contributed by atoms with Crippen LogP contribution in [0.25, 0.3) is 0 Å². The molecule has 1 fully saturated rings. The Morgan fingerprint density at radius 2 is 1.95 bits per heavy atom. The fraction of sp³-hybridized carbons (Fsp3) is 0.588. The molecule has 3 nitrogen and oxygen atoms in total. The number of rotatable bonds is 5. The lowest BCUT2D eigenvalue weighted by atomic mass is 9.95. The summed E-state index contributed by atoms with van der Waals surface area (Å²) in [6, 6.07) is 8.53. The lowest BCUT2D eigenvalue weighted by Gasteiger charge is -2.26. The predicted octanol–water partition coefficient (Wildman–Crippen LogP) is 3.94. The second kappa shape index (κ2) is 7.95. The van der Waals surface area contributed by atoms with Crippen molar-refractivity contribution in [2.75, 3.05) is 0 Å². The van der Waals surface area contributed by atoms with Gasteiger partial charge in [-0.1, -0.05) is 47.3 Å². The zero-order valence-electron chi connectivity index (χ0n) is 12.9. The highest BCUT2D eigenvalue weighted by Gasteiger charge is 2.20. The van der Waals surface area contributed by atoms with Gasteiger partial charge >= 0.3 is 0 Å². The number of halogens is 1. The van der Waals surface area contributed by atoms with E-state index in [-0.39, 0.29) is 18.0 Å². The molecule has 4 heteroatoms. The summed E-state index contributed by atoms with van der Waals surface area (Å²) < 4.78 is 1.06. The molecule has 2 atom stereocenters. The van der Waals surface area contributed by atoms with Crippen LogP contribution in [0.2, 0.25) is 0 Å². The average molecular weight is 353 g/mol. The molecule has 0 aliphatic heterocycles. The van der Waals surface area contributed by atoms with Gasteiger partial charge in [0.2, 0.25) is 5.91 Å². The molecule has 0 bridgehead atoms. The fourth-order valence-corrected chi connectivity index (χ4v) is 3.31. The first-order valence-electron chi connectivity index (χ1n) is 7.88. The highest BCUT2D eigenvalue weighted by atomic mass is 79.9. The maximum absolute atomic E-state index is 12.3. The van der Waals surface area contributed by atoms with Gasteiger partial charge in [-0.2, -0.15) is 0 Å². The van der Waals surface area contributed by atoms with E-state index in [9.17, 15) is 4.79 Å². The smallest absolute Gasteiger partial charge is 0.237 e. The minimum absolute atomic E-state index is 0.115. The van der Waals surface area contributed by atoms with Gasteiger partial charge in [-0.05, 0) is 44.4 Å². The number of benzene rings is 1. The summed E-state index contributed by atoms with van der Waals surface area (Å²) in [4.78, 5) is 12.3. The van der Waals surface area contributed by atoms with Gasteiger partial charge in [-0.25, -0.2) is 0 Å². The van der Waals surface area contributed by atoms with E-state index >= 15 is 0 Å². The molecule has 0 radical (unpaired) electrons. The summed E-state index contributed by atoms with van der Waals surface area (Å²) in [5.74, 6) is 0.115. The van der Waals surface area contributed by atoms with Crippen molar-refractivity contribution in [3.05, 3.63) is 34.3 Å². The highest BCUT2D eigenvalue weighted by molar-refractivity contribution is 9.10. The van der Waals surface area contributed by atoms with Crippen LogP contribution in [0.4, 0.5) is 0 Å². The van der Waals surface area contributed by atoms with Crippen LogP contribution in [-0.4, -0.2) is 18.0 Å². The summed E-state index contributed by atoms with van der Waals surface area (Å²) in [6.07, 6.45) is 6.03. The third-order valence-corrected chi connectivity index (χ3v) is 4.69. The molecule has 1 aromatic carbocycles. The molecule has 116 valence electrons. The van der Waals surface area contributed by atoms with Gasteiger partial charge in [0, 0.05) is 16.6 Å². The number of hydrogen-bond donors (Lipinski definition) is 2. The summed E-state index contributed by atoms with van der Waals surface area (Å²) in [7, 11) is 0. The Labute approximate surface area is 136 Å². The van der Waals surface area contributed by atoms with Crippen molar-refractivity contribution in [2.24, 2.45) is 0 Å². The van der Waals surface area contributed by atoms with Crippen molar-refractivity contribution in [3.63, 3.8) is 0 Å². The number of carbonyl (C=O) groups is 1. The first-order chi connectivity index (χ1) is 10.1. The molecular weight excluding hydrogens is 328 g/mol. The van der Waals surface area contributed by atoms with E-state index in [2.05, 4.69) is 45.6 Å². The molecule has 0 spiro atoms. The van der Waals surface area contributed by atoms with Crippen molar-refractivity contribution in [1.82, 2.24) is 10.6 Å². The van der Waals surface area contributed by atoms with Gasteiger partial charge in [0.25, 0.3) is 0 Å². The molecule has 0 aromatic heterocycles. The highest BCUT2D eigenvalue weighted by Crippen LogP contribution is 2.19. The Hall–Kier alpha value is -0.870. The average Bonchev–Trinajstić information content (AvgIpc) is 2.48. The van der Waals surface area contributed by atoms with Gasteiger partial charge in [0.05, 0.1) is 6.04 Å². The van der Waals surface area contributed by atoms with E-state index < -0.39 is 0 Å². The number of nitrogens with one attached hydrogen (secondary N) is 2. The van der Waals surface area contributed by atoms with E-state index in [1.807, 2.05) is 19.1 Å². The molecule has 1 saturated carbocycles. The summed E-state index contributed by atoms with van der Waals surface area (Å²) in [5, 5.41) is 6.56.